The minimum absolute atomic E-state index is 0.372. The molecule has 1 saturated heterocycles. The molecule has 1 aliphatic rings. The Morgan fingerprint density at radius 1 is 1.47 bits per heavy atom. The third-order valence-electron chi connectivity index (χ3n) is 3.68. The maximum Gasteiger partial charge on any atom is 0.128 e. The molecule has 1 fully saturated rings. The van der Waals surface area contributed by atoms with Gasteiger partial charge in [0.15, 0.2) is 0 Å². The van der Waals surface area contributed by atoms with Crippen molar-refractivity contribution in [3.05, 3.63) is 23.9 Å². The summed E-state index contributed by atoms with van der Waals surface area (Å²) in [5.41, 5.74) is 1.25. The minimum Gasteiger partial charge on any atom is -0.356 e. The van der Waals surface area contributed by atoms with Gasteiger partial charge < -0.3 is 10.2 Å². The SMILES string of the molecule is CNC(C)c1ccc(N2CCCC(C)C2)nc1. The molecule has 2 heterocycles. The average Bonchev–Trinajstić information content (AvgIpc) is 2.38. The van der Waals surface area contributed by atoms with E-state index >= 15 is 0 Å². The van der Waals surface area contributed by atoms with E-state index in [0.717, 1.165) is 24.8 Å². The van der Waals surface area contributed by atoms with E-state index in [4.69, 9.17) is 0 Å². The van der Waals surface area contributed by atoms with Crippen molar-refractivity contribution in [1.29, 1.82) is 0 Å². The highest BCUT2D eigenvalue weighted by atomic mass is 15.2. The van der Waals surface area contributed by atoms with Gasteiger partial charge in [-0.05, 0) is 44.4 Å². The van der Waals surface area contributed by atoms with Crippen LogP contribution in [0.2, 0.25) is 0 Å². The van der Waals surface area contributed by atoms with E-state index in [2.05, 4.69) is 41.2 Å². The molecular formula is C14H23N3. The third-order valence-corrected chi connectivity index (χ3v) is 3.68. The minimum atomic E-state index is 0.372. The van der Waals surface area contributed by atoms with E-state index in [-0.39, 0.29) is 0 Å². The van der Waals surface area contributed by atoms with Gasteiger partial charge in [-0.1, -0.05) is 13.0 Å². The third kappa shape index (κ3) is 2.97. The first-order chi connectivity index (χ1) is 8.20. The molecule has 1 N–H and O–H groups in total. The van der Waals surface area contributed by atoms with Crippen molar-refractivity contribution in [2.75, 3.05) is 25.0 Å². The lowest BCUT2D eigenvalue weighted by Gasteiger charge is -2.32. The first-order valence-corrected chi connectivity index (χ1v) is 6.59. The summed E-state index contributed by atoms with van der Waals surface area (Å²) in [6, 6.07) is 4.71. The molecule has 0 aromatic carbocycles. The summed E-state index contributed by atoms with van der Waals surface area (Å²) in [6.45, 7) is 6.77. The van der Waals surface area contributed by atoms with Crippen LogP contribution < -0.4 is 10.2 Å². The van der Waals surface area contributed by atoms with E-state index in [1.165, 1.54) is 18.4 Å². The molecule has 17 heavy (non-hydrogen) atoms. The lowest BCUT2D eigenvalue weighted by Crippen LogP contribution is -2.34. The van der Waals surface area contributed by atoms with Crippen LogP contribution in [0.1, 0.15) is 38.3 Å². The van der Waals surface area contributed by atoms with Crippen LogP contribution in [-0.4, -0.2) is 25.1 Å². The summed E-state index contributed by atoms with van der Waals surface area (Å²) in [6.07, 6.45) is 4.64. The van der Waals surface area contributed by atoms with Crippen LogP contribution >= 0.6 is 0 Å². The lowest BCUT2D eigenvalue weighted by molar-refractivity contribution is 0.444. The zero-order valence-electron chi connectivity index (χ0n) is 11.1. The zero-order chi connectivity index (χ0) is 12.3. The molecule has 0 spiro atoms. The number of rotatable bonds is 3. The van der Waals surface area contributed by atoms with E-state index in [1.807, 2.05) is 13.2 Å². The van der Waals surface area contributed by atoms with Crippen molar-refractivity contribution in [3.8, 4) is 0 Å². The number of piperidine rings is 1. The van der Waals surface area contributed by atoms with Crippen LogP contribution in [0.15, 0.2) is 18.3 Å². The van der Waals surface area contributed by atoms with Gasteiger partial charge in [-0.3, -0.25) is 0 Å². The molecular weight excluding hydrogens is 210 g/mol. The van der Waals surface area contributed by atoms with Crippen molar-refractivity contribution >= 4 is 5.82 Å². The van der Waals surface area contributed by atoms with Gasteiger partial charge in [0.05, 0.1) is 0 Å². The Labute approximate surface area is 104 Å². The second-order valence-corrected chi connectivity index (χ2v) is 5.15. The molecule has 3 nitrogen and oxygen atoms in total. The summed E-state index contributed by atoms with van der Waals surface area (Å²) < 4.78 is 0. The zero-order valence-corrected chi connectivity index (χ0v) is 11.1. The number of hydrogen-bond donors (Lipinski definition) is 1. The second kappa shape index (κ2) is 5.50. The Balaban J connectivity index is 2.06. The van der Waals surface area contributed by atoms with Crippen molar-refractivity contribution in [2.45, 2.75) is 32.7 Å². The number of aromatic nitrogens is 1. The van der Waals surface area contributed by atoms with Crippen molar-refractivity contribution < 1.29 is 0 Å². The van der Waals surface area contributed by atoms with Gasteiger partial charge in [0, 0.05) is 25.3 Å². The maximum absolute atomic E-state index is 4.59. The van der Waals surface area contributed by atoms with Crippen molar-refractivity contribution in [2.24, 2.45) is 5.92 Å². The molecule has 0 saturated carbocycles. The van der Waals surface area contributed by atoms with E-state index in [1.54, 1.807) is 0 Å². The molecule has 1 aromatic heterocycles. The van der Waals surface area contributed by atoms with Crippen LogP contribution in [0, 0.1) is 5.92 Å². The first kappa shape index (κ1) is 12.4. The average molecular weight is 233 g/mol. The van der Waals surface area contributed by atoms with Gasteiger partial charge >= 0.3 is 0 Å². The molecule has 0 amide bonds. The molecule has 0 aliphatic carbocycles. The summed E-state index contributed by atoms with van der Waals surface area (Å²) in [5.74, 6) is 1.92. The topological polar surface area (TPSA) is 28.2 Å². The number of anilines is 1. The number of nitrogens with zero attached hydrogens (tertiary/aromatic N) is 2. The number of pyridine rings is 1. The van der Waals surface area contributed by atoms with Crippen LogP contribution in [0.5, 0.6) is 0 Å². The van der Waals surface area contributed by atoms with E-state index in [9.17, 15) is 0 Å². The Bertz CT molecular complexity index is 347. The second-order valence-electron chi connectivity index (χ2n) is 5.15. The Hall–Kier alpha value is -1.09. The molecule has 2 rings (SSSR count). The van der Waals surface area contributed by atoms with Gasteiger partial charge in [-0.25, -0.2) is 4.98 Å². The van der Waals surface area contributed by atoms with Gasteiger partial charge in [-0.15, -0.1) is 0 Å². The monoisotopic (exact) mass is 233 g/mol. The quantitative estimate of drug-likeness (QED) is 0.870. The Morgan fingerprint density at radius 2 is 2.29 bits per heavy atom. The Kier molecular flexibility index (Phi) is 4.00. The predicted molar refractivity (Wildman–Crippen MR) is 72.3 cm³/mol. The lowest BCUT2D eigenvalue weighted by atomic mass is 10.0. The summed E-state index contributed by atoms with van der Waals surface area (Å²) in [7, 11) is 1.98. The molecule has 3 heteroatoms. The molecule has 1 aromatic rings. The highest BCUT2D eigenvalue weighted by Crippen LogP contribution is 2.22. The summed E-state index contributed by atoms with van der Waals surface area (Å²) >= 11 is 0. The van der Waals surface area contributed by atoms with Gasteiger partial charge in [-0.2, -0.15) is 0 Å². The van der Waals surface area contributed by atoms with Gasteiger partial charge in [0.25, 0.3) is 0 Å². The molecule has 0 bridgehead atoms. The fourth-order valence-corrected chi connectivity index (χ4v) is 2.40. The highest BCUT2D eigenvalue weighted by Gasteiger charge is 2.17. The van der Waals surface area contributed by atoms with Crippen LogP contribution in [0.4, 0.5) is 5.82 Å². The predicted octanol–water partition coefficient (Wildman–Crippen LogP) is 2.60. The summed E-state index contributed by atoms with van der Waals surface area (Å²) in [4.78, 5) is 7.00. The maximum atomic E-state index is 4.59. The van der Waals surface area contributed by atoms with Crippen LogP contribution in [0.3, 0.4) is 0 Å². The molecule has 2 unspecified atom stereocenters. The molecule has 2 atom stereocenters. The number of nitrogens with one attached hydrogen (secondary N) is 1. The Morgan fingerprint density at radius 3 is 2.88 bits per heavy atom. The van der Waals surface area contributed by atoms with E-state index in [0.29, 0.717) is 6.04 Å². The first-order valence-electron chi connectivity index (χ1n) is 6.59. The molecule has 1 aliphatic heterocycles. The van der Waals surface area contributed by atoms with E-state index < -0.39 is 0 Å². The normalized spacial score (nSPS) is 22.5. The highest BCUT2D eigenvalue weighted by molar-refractivity contribution is 5.40. The van der Waals surface area contributed by atoms with Gasteiger partial charge in [0.2, 0.25) is 0 Å². The van der Waals surface area contributed by atoms with Crippen molar-refractivity contribution in [1.82, 2.24) is 10.3 Å². The fraction of sp³-hybridized carbons (Fsp3) is 0.643. The smallest absolute Gasteiger partial charge is 0.128 e. The number of hydrogen-bond acceptors (Lipinski definition) is 3. The summed E-state index contributed by atoms with van der Waals surface area (Å²) in [5, 5.41) is 3.23. The van der Waals surface area contributed by atoms with Crippen LogP contribution in [0.25, 0.3) is 0 Å². The fourth-order valence-electron chi connectivity index (χ4n) is 2.40. The largest absolute Gasteiger partial charge is 0.356 e. The van der Waals surface area contributed by atoms with Crippen LogP contribution in [-0.2, 0) is 0 Å². The standard InChI is InChI=1S/C14H23N3/c1-11-5-4-8-17(10-11)14-7-6-13(9-16-14)12(2)15-3/h6-7,9,11-12,15H,4-5,8,10H2,1-3H3. The van der Waals surface area contributed by atoms with Gasteiger partial charge in [0.1, 0.15) is 5.82 Å². The van der Waals surface area contributed by atoms with Crippen molar-refractivity contribution in [3.63, 3.8) is 0 Å². The molecule has 0 radical (unpaired) electrons. The molecule has 94 valence electrons.